The molecule has 21 heavy (non-hydrogen) atoms. The first kappa shape index (κ1) is 16.9. The molecular weight excluding hydrogens is 354 g/mol. The van der Waals surface area contributed by atoms with Gasteiger partial charge < -0.3 is 5.73 Å². The Bertz CT molecular complexity index is 609. The smallest absolute Gasteiger partial charge is 0.244 e. The summed E-state index contributed by atoms with van der Waals surface area (Å²) in [5.41, 5.74) is 6.49. The molecule has 2 N–H and O–H groups in total. The third kappa shape index (κ3) is 3.32. The van der Waals surface area contributed by atoms with Crippen LogP contribution in [0.25, 0.3) is 0 Å². The Balaban J connectivity index is 2.34. The SMILES string of the molecule is CC1CN(S(=O)(=O)c2ccc(CN)cc2Br)CC(C)N1C. The summed E-state index contributed by atoms with van der Waals surface area (Å²) in [4.78, 5) is 2.52. The molecule has 0 bridgehead atoms. The van der Waals surface area contributed by atoms with Crippen molar-refractivity contribution < 1.29 is 8.42 Å². The molecule has 1 aliphatic rings. The van der Waals surface area contributed by atoms with Crippen molar-refractivity contribution in [3.8, 4) is 0 Å². The minimum atomic E-state index is -3.49. The number of hydrogen-bond acceptors (Lipinski definition) is 4. The van der Waals surface area contributed by atoms with Gasteiger partial charge >= 0.3 is 0 Å². The summed E-state index contributed by atoms with van der Waals surface area (Å²) in [5.74, 6) is 0. The predicted molar refractivity (Wildman–Crippen MR) is 87.5 cm³/mol. The first-order chi connectivity index (χ1) is 9.77. The largest absolute Gasteiger partial charge is 0.326 e. The average Bonchev–Trinajstić information content (AvgIpc) is 2.43. The maximum absolute atomic E-state index is 12.9. The van der Waals surface area contributed by atoms with Crippen LogP contribution in [0.5, 0.6) is 0 Å². The number of piperazine rings is 1. The number of benzene rings is 1. The van der Waals surface area contributed by atoms with E-state index in [0.717, 1.165) is 5.56 Å². The van der Waals surface area contributed by atoms with E-state index in [9.17, 15) is 8.42 Å². The summed E-state index contributed by atoms with van der Waals surface area (Å²) < 4.78 is 27.9. The van der Waals surface area contributed by atoms with Gasteiger partial charge in [0.25, 0.3) is 0 Å². The Hall–Kier alpha value is -0.470. The highest BCUT2D eigenvalue weighted by atomic mass is 79.9. The van der Waals surface area contributed by atoms with Crippen molar-refractivity contribution >= 4 is 26.0 Å². The highest BCUT2D eigenvalue weighted by molar-refractivity contribution is 9.10. The second-order valence-corrected chi connectivity index (χ2v) is 8.42. The molecule has 118 valence electrons. The fourth-order valence-corrected chi connectivity index (χ4v) is 5.26. The Kier molecular flexibility index (Phi) is 5.10. The summed E-state index contributed by atoms with van der Waals surface area (Å²) in [7, 11) is -1.45. The van der Waals surface area contributed by atoms with Gasteiger partial charge in [-0.05, 0) is 54.5 Å². The van der Waals surface area contributed by atoms with E-state index in [4.69, 9.17) is 5.73 Å². The van der Waals surface area contributed by atoms with Crippen molar-refractivity contribution in [1.82, 2.24) is 9.21 Å². The van der Waals surface area contributed by atoms with Crippen LogP contribution in [-0.4, -0.2) is 49.8 Å². The zero-order chi connectivity index (χ0) is 15.8. The first-order valence-corrected chi connectivity index (χ1v) is 9.21. The fourth-order valence-electron chi connectivity index (χ4n) is 2.57. The Morgan fingerprint density at radius 2 is 1.86 bits per heavy atom. The van der Waals surface area contributed by atoms with Gasteiger partial charge in [0.1, 0.15) is 0 Å². The second kappa shape index (κ2) is 6.34. The molecule has 0 aromatic heterocycles. The van der Waals surface area contributed by atoms with Crippen molar-refractivity contribution in [2.24, 2.45) is 5.73 Å². The predicted octanol–water partition coefficient (Wildman–Crippen LogP) is 1.62. The zero-order valence-electron chi connectivity index (χ0n) is 12.6. The van der Waals surface area contributed by atoms with E-state index in [1.807, 2.05) is 20.9 Å². The number of sulfonamides is 1. The minimum absolute atomic E-state index is 0.200. The van der Waals surface area contributed by atoms with Gasteiger partial charge in [-0.3, -0.25) is 4.90 Å². The molecule has 0 spiro atoms. The van der Waals surface area contributed by atoms with E-state index in [1.165, 1.54) is 0 Å². The van der Waals surface area contributed by atoms with Crippen LogP contribution in [-0.2, 0) is 16.6 Å². The van der Waals surface area contributed by atoms with Crippen LogP contribution < -0.4 is 5.73 Å². The highest BCUT2D eigenvalue weighted by Crippen LogP contribution is 2.28. The van der Waals surface area contributed by atoms with Gasteiger partial charge in [-0.2, -0.15) is 4.31 Å². The van der Waals surface area contributed by atoms with Gasteiger partial charge in [-0.15, -0.1) is 0 Å². The minimum Gasteiger partial charge on any atom is -0.326 e. The zero-order valence-corrected chi connectivity index (χ0v) is 15.0. The molecule has 2 rings (SSSR count). The van der Waals surface area contributed by atoms with Crippen molar-refractivity contribution in [2.75, 3.05) is 20.1 Å². The summed E-state index contributed by atoms with van der Waals surface area (Å²) in [5, 5.41) is 0. The molecule has 2 atom stereocenters. The summed E-state index contributed by atoms with van der Waals surface area (Å²) in [6.45, 7) is 5.50. The van der Waals surface area contributed by atoms with Crippen LogP contribution in [0.4, 0.5) is 0 Å². The monoisotopic (exact) mass is 375 g/mol. The van der Waals surface area contributed by atoms with E-state index < -0.39 is 10.0 Å². The van der Waals surface area contributed by atoms with Crippen LogP contribution in [0, 0.1) is 0 Å². The molecule has 1 aromatic carbocycles. The normalized spacial score (nSPS) is 25.2. The molecule has 1 aliphatic heterocycles. The Morgan fingerprint density at radius 1 is 1.29 bits per heavy atom. The summed E-state index contributed by atoms with van der Waals surface area (Å²) in [6.07, 6.45) is 0. The lowest BCUT2D eigenvalue weighted by Crippen LogP contribution is -2.56. The lowest BCUT2D eigenvalue weighted by molar-refractivity contribution is 0.105. The van der Waals surface area contributed by atoms with Crippen LogP contribution in [0.2, 0.25) is 0 Å². The molecule has 0 amide bonds. The van der Waals surface area contributed by atoms with E-state index in [-0.39, 0.29) is 12.1 Å². The van der Waals surface area contributed by atoms with Gasteiger partial charge in [-0.25, -0.2) is 8.42 Å². The molecule has 1 aromatic rings. The molecule has 2 unspecified atom stereocenters. The molecule has 5 nitrogen and oxygen atoms in total. The molecule has 1 heterocycles. The van der Waals surface area contributed by atoms with Crippen molar-refractivity contribution in [3.63, 3.8) is 0 Å². The van der Waals surface area contributed by atoms with Gasteiger partial charge in [0, 0.05) is 36.2 Å². The van der Waals surface area contributed by atoms with E-state index in [0.29, 0.717) is 29.0 Å². The van der Waals surface area contributed by atoms with Gasteiger partial charge in [0.2, 0.25) is 10.0 Å². The fraction of sp³-hybridized carbons (Fsp3) is 0.571. The standard InChI is InChI=1S/C14H22BrN3O2S/c1-10-8-18(9-11(2)17(10)3)21(19,20)14-5-4-12(7-16)6-13(14)15/h4-6,10-11H,7-9,16H2,1-3H3. The van der Waals surface area contributed by atoms with Crippen LogP contribution in [0.1, 0.15) is 19.4 Å². The molecule has 7 heteroatoms. The Labute approximate surface area is 135 Å². The van der Waals surface area contributed by atoms with Crippen molar-refractivity contribution in [3.05, 3.63) is 28.2 Å². The molecule has 0 aliphatic carbocycles. The van der Waals surface area contributed by atoms with Crippen molar-refractivity contribution in [2.45, 2.75) is 37.4 Å². The Morgan fingerprint density at radius 3 is 2.33 bits per heavy atom. The molecule has 0 radical (unpaired) electrons. The molecule has 1 fully saturated rings. The third-order valence-corrected chi connectivity index (χ3v) is 6.98. The molecule has 1 saturated heterocycles. The lowest BCUT2D eigenvalue weighted by atomic mass is 10.1. The number of nitrogens with two attached hydrogens (primary N) is 1. The first-order valence-electron chi connectivity index (χ1n) is 6.98. The third-order valence-electron chi connectivity index (χ3n) is 4.18. The van der Waals surface area contributed by atoms with Gasteiger partial charge in [-0.1, -0.05) is 6.07 Å². The average molecular weight is 376 g/mol. The summed E-state index contributed by atoms with van der Waals surface area (Å²) in [6, 6.07) is 5.57. The maximum atomic E-state index is 12.9. The maximum Gasteiger partial charge on any atom is 0.244 e. The topological polar surface area (TPSA) is 66.6 Å². The number of halogens is 1. The lowest BCUT2D eigenvalue weighted by Gasteiger charge is -2.41. The van der Waals surface area contributed by atoms with Crippen molar-refractivity contribution in [1.29, 1.82) is 0 Å². The molecule has 0 saturated carbocycles. The number of nitrogens with zero attached hydrogens (tertiary/aromatic N) is 2. The van der Waals surface area contributed by atoms with Crippen LogP contribution >= 0.6 is 15.9 Å². The number of likely N-dealkylation sites (N-methyl/N-ethyl adjacent to an activating group) is 1. The number of hydrogen-bond donors (Lipinski definition) is 1. The quantitative estimate of drug-likeness (QED) is 0.871. The summed E-state index contributed by atoms with van der Waals surface area (Å²) >= 11 is 3.36. The van der Waals surface area contributed by atoms with Crippen LogP contribution in [0.15, 0.2) is 27.6 Å². The van der Waals surface area contributed by atoms with Crippen LogP contribution in [0.3, 0.4) is 0 Å². The van der Waals surface area contributed by atoms with E-state index in [1.54, 1.807) is 22.5 Å². The highest BCUT2D eigenvalue weighted by Gasteiger charge is 2.35. The van der Waals surface area contributed by atoms with Gasteiger partial charge in [0.05, 0.1) is 4.90 Å². The number of rotatable bonds is 3. The van der Waals surface area contributed by atoms with E-state index in [2.05, 4.69) is 20.8 Å². The molecular formula is C14H22BrN3O2S. The van der Waals surface area contributed by atoms with Gasteiger partial charge in [0.15, 0.2) is 0 Å². The second-order valence-electron chi connectivity index (χ2n) is 5.65. The van der Waals surface area contributed by atoms with E-state index >= 15 is 0 Å².